The Kier molecular flexibility index (Phi) is 7.03. The Labute approximate surface area is 94.8 Å². The fourth-order valence-corrected chi connectivity index (χ4v) is 2.10. The maximum absolute atomic E-state index is 5.87. The highest BCUT2D eigenvalue weighted by Gasteiger charge is 2.15. The van der Waals surface area contributed by atoms with Crippen LogP contribution in [0.1, 0.15) is 52.4 Å². The normalized spacial score (nSPS) is 23.2. The number of hydrogen-bond acceptors (Lipinski definition) is 2. The van der Waals surface area contributed by atoms with Gasteiger partial charge in [0.25, 0.3) is 0 Å². The highest BCUT2D eigenvalue weighted by Crippen LogP contribution is 2.12. The van der Waals surface area contributed by atoms with Gasteiger partial charge in [-0.2, -0.15) is 0 Å². The number of hydrogen-bond donors (Lipinski definition) is 1. The van der Waals surface area contributed by atoms with Gasteiger partial charge in [0.2, 0.25) is 0 Å². The third-order valence-electron chi connectivity index (χ3n) is 3.24. The van der Waals surface area contributed by atoms with E-state index in [1.807, 2.05) is 0 Å². The zero-order valence-electron chi connectivity index (χ0n) is 10.4. The van der Waals surface area contributed by atoms with Crippen LogP contribution in [0.15, 0.2) is 0 Å². The molecular weight excluding hydrogens is 186 g/mol. The molecule has 0 spiro atoms. The van der Waals surface area contributed by atoms with Gasteiger partial charge in [-0.25, -0.2) is 0 Å². The van der Waals surface area contributed by atoms with E-state index in [1.54, 1.807) is 0 Å². The summed E-state index contributed by atoms with van der Waals surface area (Å²) in [6.45, 7) is 7.77. The van der Waals surface area contributed by atoms with Crippen LogP contribution in [-0.4, -0.2) is 25.8 Å². The molecule has 0 saturated carbocycles. The molecule has 1 rings (SSSR count). The molecule has 1 fully saturated rings. The van der Waals surface area contributed by atoms with Gasteiger partial charge in [0.1, 0.15) is 0 Å². The Morgan fingerprint density at radius 2 is 2.20 bits per heavy atom. The van der Waals surface area contributed by atoms with Gasteiger partial charge >= 0.3 is 0 Å². The van der Waals surface area contributed by atoms with Crippen molar-refractivity contribution in [3.63, 3.8) is 0 Å². The first-order chi connectivity index (χ1) is 7.33. The van der Waals surface area contributed by atoms with E-state index in [9.17, 15) is 0 Å². The largest absolute Gasteiger partial charge is 0.378 e. The van der Waals surface area contributed by atoms with Crippen molar-refractivity contribution < 1.29 is 4.74 Å². The average Bonchev–Trinajstić information content (AvgIpc) is 2.74. The van der Waals surface area contributed by atoms with Crippen LogP contribution in [0.3, 0.4) is 0 Å². The van der Waals surface area contributed by atoms with Gasteiger partial charge in [-0.3, -0.25) is 0 Å². The van der Waals surface area contributed by atoms with Crippen LogP contribution in [0.2, 0.25) is 0 Å². The minimum Gasteiger partial charge on any atom is -0.378 e. The summed E-state index contributed by atoms with van der Waals surface area (Å²) >= 11 is 0. The van der Waals surface area contributed by atoms with E-state index in [0.717, 1.165) is 19.1 Å². The molecule has 1 N–H and O–H groups in total. The smallest absolute Gasteiger partial charge is 0.0547 e. The summed E-state index contributed by atoms with van der Waals surface area (Å²) in [6, 6.07) is 0. The molecule has 2 nitrogen and oxygen atoms in total. The highest BCUT2D eigenvalue weighted by atomic mass is 16.5. The summed E-state index contributed by atoms with van der Waals surface area (Å²) in [6.07, 6.45) is 8.39. The SMILES string of the molecule is CCCCCCC(C)OCC1CCNC1. The van der Waals surface area contributed by atoms with E-state index < -0.39 is 0 Å². The highest BCUT2D eigenvalue weighted by molar-refractivity contribution is 4.70. The Morgan fingerprint density at radius 3 is 2.87 bits per heavy atom. The van der Waals surface area contributed by atoms with Crippen molar-refractivity contribution in [3.8, 4) is 0 Å². The first-order valence-electron chi connectivity index (χ1n) is 6.65. The Bertz CT molecular complexity index is 143. The van der Waals surface area contributed by atoms with Crippen molar-refractivity contribution in [2.45, 2.75) is 58.5 Å². The van der Waals surface area contributed by atoms with Gasteiger partial charge in [0.05, 0.1) is 12.7 Å². The van der Waals surface area contributed by atoms with Crippen LogP contribution in [-0.2, 0) is 4.74 Å². The van der Waals surface area contributed by atoms with E-state index in [4.69, 9.17) is 4.74 Å². The Morgan fingerprint density at radius 1 is 1.33 bits per heavy atom. The monoisotopic (exact) mass is 213 g/mol. The summed E-state index contributed by atoms with van der Waals surface area (Å²) in [4.78, 5) is 0. The minimum atomic E-state index is 0.461. The molecule has 1 heterocycles. The lowest BCUT2D eigenvalue weighted by Crippen LogP contribution is -2.18. The first-order valence-corrected chi connectivity index (χ1v) is 6.65. The molecule has 1 saturated heterocycles. The molecule has 0 aromatic rings. The molecule has 2 atom stereocenters. The quantitative estimate of drug-likeness (QED) is 0.626. The van der Waals surface area contributed by atoms with Gasteiger partial charge in [-0.15, -0.1) is 0 Å². The average molecular weight is 213 g/mol. The molecule has 0 bridgehead atoms. The van der Waals surface area contributed by atoms with E-state index in [2.05, 4.69) is 19.2 Å². The van der Waals surface area contributed by atoms with Gasteiger partial charge in [0, 0.05) is 6.54 Å². The molecule has 0 radical (unpaired) electrons. The molecule has 15 heavy (non-hydrogen) atoms. The summed E-state index contributed by atoms with van der Waals surface area (Å²) in [7, 11) is 0. The summed E-state index contributed by atoms with van der Waals surface area (Å²) in [5.41, 5.74) is 0. The second-order valence-electron chi connectivity index (χ2n) is 4.85. The van der Waals surface area contributed by atoms with Crippen molar-refractivity contribution in [1.82, 2.24) is 5.32 Å². The second-order valence-corrected chi connectivity index (χ2v) is 4.85. The van der Waals surface area contributed by atoms with Crippen LogP contribution in [0.25, 0.3) is 0 Å². The summed E-state index contributed by atoms with van der Waals surface area (Å²) in [5.74, 6) is 0.767. The fourth-order valence-electron chi connectivity index (χ4n) is 2.10. The number of nitrogens with one attached hydrogen (secondary N) is 1. The van der Waals surface area contributed by atoms with Crippen molar-refractivity contribution >= 4 is 0 Å². The lowest BCUT2D eigenvalue weighted by atomic mass is 10.1. The van der Waals surface area contributed by atoms with Gasteiger partial charge in [-0.05, 0) is 32.2 Å². The lowest BCUT2D eigenvalue weighted by Gasteiger charge is -2.15. The topological polar surface area (TPSA) is 21.3 Å². The second kappa shape index (κ2) is 8.12. The van der Waals surface area contributed by atoms with Crippen molar-refractivity contribution in [2.75, 3.05) is 19.7 Å². The molecule has 0 amide bonds. The van der Waals surface area contributed by atoms with Crippen LogP contribution in [0.4, 0.5) is 0 Å². The predicted molar refractivity (Wildman–Crippen MR) is 65.1 cm³/mol. The van der Waals surface area contributed by atoms with Crippen LogP contribution in [0.5, 0.6) is 0 Å². The van der Waals surface area contributed by atoms with Gasteiger partial charge < -0.3 is 10.1 Å². The molecule has 0 aromatic carbocycles. The van der Waals surface area contributed by atoms with Gasteiger partial charge in [0.15, 0.2) is 0 Å². The first kappa shape index (κ1) is 13.0. The van der Waals surface area contributed by atoms with Crippen molar-refractivity contribution in [1.29, 1.82) is 0 Å². The van der Waals surface area contributed by atoms with Crippen molar-refractivity contribution in [3.05, 3.63) is 0 Å². The molecule has 0 aromatic heterocycles. The van der Waals surface area contributed by atoms with E-state index in [1.165, 1.54) is 45.1 Å². The minimum absolute atomic E-state index is 0.461. The molecular formula is C13H27NO. The predicted octanol–water partition coefficient (Wildman–Crippen LogP) is 2.97. The van der Waals surface area contributed by atoms with Crippen LogP contribution >= 0.6 is 0 Å². The summed E-state index contributed by atoms with van der Waals surface area (Å²) < 4.78 is 5.87. The van der Waals surface area contributed by atoms with E-state index in [-0.39, 0.29) is 0 Å². The maximum Gasteiger partial charge on any atom is 0.0547 e. The zero-order valence-corrected chi connectivity index (χ0v) is 10.4. The molecule has 2 unspecified atom stereocenters. The Balaban J connectivity index is 1.90. The zero-order chi connectivity index (χ0) is 10.9. The van der Waals surface area contributed by atoms with Gasteiger partial charge in [-0.1, -0.05) is 32.6 Å². The molecule has 1 aliphatic heterocycles. The molecule has 1 aliphatic rings. The summed E-state index contributed by atoms with van der Waals surface area (Å²) in [5, 5.41) is 3.38. The molecule has 2 heteroatoms. The van der Waals surface area contributed by atoms with Crippen LogP contribution < -0.4 is 5.32 Å². The number of unbranched alkanes of at least 4 members (excludes halogenated alkanes) is 3. The van der Waals surface area contributed by atoms with Crippen molar-refractivity contribution in [2.24, 2.45) is 5.92 Å². The molecule has 90 valence electrons. The third-order valence-corrected chi connectivity index (χ3v) is 3.24. The Hall–Kier alpha value is -0.0800. The van der Waals surface area contributed by atoms with Crippen LogP contribution in [0, 0.1) is 5.92 Å². The lowest BCUT2D eigenvalue weighted by molar-refractivity contribution is 0.0377. The standard InChI is InChI=1S/C13H27NO/c1-3-4-5-6-7-12(2)15-11-13-8-9-14-10-13/h12-14H,3-11H2,1-2H3. The fraction of sp³-hybridized carbons (Fsp3) is 1.00. The third kappa shape index (κ3) is 6.16. The molecule has 0 aliphatic carbocycles. The number of rotatable bonds is 8. The maximum atomic E-state index is 5.87. The van der Waals surface area contributed by atoms with E-state index in [0.29, 0.717) is 6.10 Å². The van der Waals surface area contributed by atoms with E-state index >= 15 is 0 Å². The number of ether oxygens (including phenoxy) is 1.